The van der Waals surface area contributed by atoms with E-state index in [1.807, 2.05) is 0 Å². The number of hydrogen-bond acceptors (Lipinski definition) is 7. The Morgan fingerprint density at radius 2 is 1.82 bits per heavy atom. The van der Waals surface area contributed by atoms with Gasteiger partial charge in [-0.05, 0) is 18.9 Å². The first-order valence-electron chi connectivity index (χ1n) is 9.94. The molecule has 1 amide bonds. The first kappa shape index (κ1) is 24.3. The molecule has 1 aliphatic carbocycles. The second kappa shape index (κ2) is 9.67. The summed E-state index contributed by atoms with van der Waals surface area (Å²) in [5, 5.41) is 2.67. The molecule has 1 aromatic carbocycles. The number of nitrogens with one attached hydrogen (secondary N) is 1. The van der Waals surface area contributed by atoms with E-state index < -0.39 is 46.5 Å². The molecule has 0 atom stereocenters. The average molecular weight is 466 g/mol. The fourth-order valence-electron chi connectivity index (χ4n) is 3.60. The number of esters is 1. The highest BCUT2D eigenvalue weighted by Gasteiger charge is 2.48. The van der Waals surface area contributed by atoms with Gasteiger partial charge in [-0.2, -0.15) is 0 Å². The summed E-state index contributed by atoms with van der Waals surface area (Å²) in [6.45, 7) is -0.0773. The lowest BCUT2D eigenvalue weighted by Crippen LogP contribution is -2.39. The number of methoxy groups -OCH3 is 4. The number of ether oxygens (including phenoxy) is 4. The second-order valence-electron chi connectivity index (χ2n) is 7.46. The van der Waals surface area contributed by atoms with Gasteiger partial charge >= 0.3 is 5.97 Å². The molecule has 33 heavy (non-hydrogen) atoms. The van der Waals surface area contributed by atoms with E-state index in [1.54, 1.807) is 0 Å². The molecule has 3 rings (SSSR count). The van der Waals surface area contributed by atoms with Gasteiger partial charge in [-0.3, -0.25) is 9.59 Å². The standard InChI is InChI=1S/C22H24F2N2O7/c1-30-16(31-2)11-26-10-13(18(27)19(32-3)17(26)21(29)33-4)20(28)25-22(7-8-22)14-6-5-12(23)9-15(14)24/h5-6,9-10,16H,7-8,11H2,1-4H3,(H,25,28). The molecule has 0 bridgehead atoms. The van der Waals surface area contributed by atoms with Gasteiger partial charge in [-0.1, -0.05) is 6.07 Å². The molecule has 0 radical (unpaired) electrons. The Bertz CT molecular complexity index is 1120. The van der Waals surface area contributed by atoms with Crippen molar-refractivity contribution in [2.24, 2.45) is 0 Å². The van der Waals surface area contributed by atoms with E-state index >= 15 is 0 Å². The van der Waals surface area contributed by atoms with Crippen molar-refractivity contribution >= 4 is 11.9 Å². The van der Waals surface area contributed by atoms with Crippen LogP contribution in [0.3, 0.4) is 0 Å². The van der Waals surface area contributed by atoms with Crippen LogP contribution in [0.15, 0.2) is 29.2 Å². The van der Waals surface area contributed by atoms with E-state index in [4.69, 9.17) is 18.9 Å². The highest BCUT2D eigenvalue weighted by molar-refractivity contribution is 5.97. The van der Waals surface area contributed by atoms with E-state index in [0.717, 1.165) is 25.4 Å². The number of amides is 1. The van der Waals surface area contributed by atoms with Crippen LogP contribution in [0.4, 0.5) is 8.78 Å². The molecule has 0 saturated heterocycles. The molecule has 1 aromatic heterocycles. The molecular formula is C22H24F2N2O7. The molecule has 1 aliphatic rings. The van der Waals surface area contributed by atoms with E-state index in [9.17, 15) is 23.2 Å². The number of carbonyl (C=O) groups excluding carboxylic acids is 2. The summed E-state index contributed by atoms with van der Waals surface area (Å²) in [6.07, 6.45) is 1.15. The Morgan fingerprint density at radius 1 is 1.15 bits per heavy atom. The highest BCUT2D eigenvalue weighted by atomic mass is 19.1. The number of aromatic nitrogens is 1. The molecule has 1 fully saturated rings. The molecule has 9 nitrogen and oxygen atoms in total. The van der Waals surface area contributed by atoms with Crippen molar-refractivity contribution in [3.63, 3.8) is 0 Å². The van der Waals surface area contributed by atoms with Gasteiger partial charge in [0.25, 0.3) is 5.91 Å². The van der Waals surface area contributed by atoms with Crippen LogP contribution in [0.2, 0.25) is 0 Å². The van der Waals surface area contributed by atoms with Crippen LogP contribution in [0.25, 0.3) is 0 Å². The largest absolute Gasteiger partial charge is 0.491 e. The van der Waals surface area contributed by atoms with Crippen LogP contribution < -0.4 is 15.5 Å². The number of nitrogens with zero attached hydrogens (tertiary/aromatic N) is 1. The van der Waals surface area contributed by atoms with Crippen molar-refractivity contribution in [2.75, 3.05) is 28.4 Å². The molecule has 0 aliphatic heterocycles. The lowest BCUT2D eigenvalue weighted by Gasteiger charge is -2.22. The van der Waals surface area contributed by atoms with Crippen molar-refractivity contribution in [1.82, 2.24) is 9.88 Å². The Hall–Kier alpha value is -3.31. The summed E-state index contributed by atoms with van der Waals surface area (Å²) in [5.74, 6) is -3.62. The van der Waals surface area contributed by atoms with Gasteiger partial charge < -0.3 is 28.8 Å². The van der Waals surface area contributed by atoms with Crippen molar-refractivity contribution in [3.05, 3.63) is 63.1 Å². The molecule has 1 N–H and O–H groups in total. The third-order valence-electron chi connectivity index (χ3n) is 5.49. The summed E-state index contributed by atoms with van der Waals surface area (Å²) in [6, 6.07) is 3.10. The smallest absolute Gasteiger partial charge is 0.358 e. The Morgan fingerprint density at radius 3 is 2.33 bits per heavy atom. The van der Waals surface area contributed by atoms with Crippen molar-refractivity contribution in [3.8, 4) is 5.75 Å². The average Bonchev–Trinajstić information content (AvgIpc) is 3.56. The third kappa shape index (κ3) is 4.74. The fourth-order valence-corrected chi connectivity index (χ4v) is 3.60. The monoisotopic (exact) mass is 466 g/mol. The van der Waals surface area contributed by atoms with Crippen LogP contribution in [0.5, 0.6) is 5.75 Å². The Kier molecular flexibility index (Phi) is 7.13. The molecule has 1 saturated carbocycles. The van der Waals surface area contributed by atoms with Crippen LogP contribution in [0, 0.1) is 11.6 Å². The topological polar surface area (TPSA) is 105 Å². The number of halogens is 2. The normalized spacial score (nSPS) is 14.2. The van der Waals surface area contributed by atoms with Crippen LogP contribution >= 0.6 is 0 Å². The van der Waals surface area contributed by atoms with Crippen LogP contribution in [0.1, 0.15) is 39.3 Å². The van der Waals surface area contributed by atoms with E-state index in [1.165, 1.54) is 32.0 Å². The minimum Gasteiger partial charge on any atom is -0.491 e. The predicted octanol–water partition coefficient (Wildman–Crippen LogP) is 1.96. The van der Waals surface area contributed by atoms with E-state index in [-0.39, 0.29) is 23.4 Å². The maximum atomic E-state index is 14.3. The Labute approximate surface area is 188 Å². The van der Waals surface area contributed by atoms with E-state index in [2.05, 4.69) is 5.32 Å². The lowest BCUT2D eigenvalue weighted by molar-refractivity contribution is -0.111. The summed E-state index contributed by atoms with van der Waals surface area (Å²) < 4.78 is 49.1. The number of carbonyl (C=O) groups is 2. The highest BCUT2D eigenvalue weighted by Crippen LogP contribution is 2.46. The van der Waals surface area contributed by atoms with Gasteiger partial charge in [0.15, 0.2) is 17.7 Å². The quantitative estimate of drug-likeness (QED) is 0.445. The third-order valence-corrected chi connectivity index (χ3v) is 5.49. The first-order chi connectivity index (χ1) is 15.7. The number of hydrogen-bond donors (Lipinski definition) is 1. The molecule has 178 valence electrons. The summed E-state index contributed by atoms with van der Waals surface area (Å²) in [4.78, 5) is 38.5. The zero-order valence-corrected chi connectivity index (χ0v) is 18.6. The van der Waals surface area contributed by atoms with Crippen LogP contribution in [-0.2, 0) is 26.3 Å². The number of benzene rings is 1. The predicted molar refractivity (Wildman–Crippen MR) is 111 cm³/mol. The van der Waals surface area contributed by atoms with Gasteiger partial charge in [-0.15, -0.1) is 0 Å². The maximum Gasteiger partial charge on any atom is 0.358 e. The molecule has 11 heteroatoms. The minimum absolute atomic E-state index is 0.0773. The Balaban J connectivity index is 2.05. The van der Waals surface area contributed by atoms with Gasteiger partial charge in [-0.25, -0.2) is 13.6 Å². The molecule has 0 unspecified atom stereocenters. The lowest BCUT2D eigenvalue weighted by atomic mass is 10.0. The van der Waals surface area contributed by atoms with Gasteiger partial charge in [0.2, 0.25) is 5.43 Å². The first-order valence-corrected chi connectivity index (χ1v) is 9.94. The number of pyridine rings is 1. The maximum absolute atomic E-state index is 14.3. The fraction of sp³-hybridized carbons (Fsp3) is 0.409. The van der Waals surface area contributed by atoms with Crippen LogP contribution in [-0.4, -0.2) is 51.2 Å². The van der Waals surface area contributed by atoms with Crippen molar-refractivity contribution < 1.29 is 37.3 Å². The van der Waals surface area contributed by atoms with E-state index in [0.29, 0.717) is 12.8 Å². The van der Waals surface area contributed by atoms with Gasteiger partial charge in [0.1, 0.15) is 17.2 Å². The van der Waals surface area contributed by atoms with Crippen molar-refractivity contribution in [2.45, 2.75) is 31.2 Å². The second-order valence-corrected chi connectivity index (χ2v) is 7.46. The van der Waals surface area contributed by atoms with Crippen molar-refractivity contribution in [1.29, 1.82) is 0 Å². The zero-order chi connectivity index (χ0) is 24.3. The molecule has 0 spiro atoms. The molecule has 1 heterocycles. The molecular weight excluding hydrogens is 442 g/mol. The summed E-state index contributed by atoms with van der Waals surface area (Å²) in [7, 11) is 5.08. The minimum atomic E-state index is -1.07. The molecule has 2 aromatic rings. The van der Waals surface area contributed by atoms with Gasteiger partial charge in [0.05, 0.1) is 26.3 Å². The summed E-state index contributed by atoms with van der Waals surface area (Å²) >= 11 is 0. The SMILES string of the molecule is COC(=O)c1c(OC)c(=O)c(C(=O)NC2(c3ccc(F)cc3F)CC2)cn1CC(OC)OC. The summed E-state index contributed by atoms with van der Waals surface area (Å²) in [5.41, 5.74) is -2.38. The zero-order valence-electron chi connectivity index (χ0n) is 18.6. The van der Waals surface area contributed by atoms with Gasteiger partial charge in [0, 0.05) is 32.0 Å². The number of rotatable bonds is 9.